The Labute approximate surface area is 118 Å². The minimum atomic E-state index is -4.50. The van der Waals surface area contributed by atoms with Crippen LogP contribution in [0.3, 0.4) is 0 Å². The zero-order chi connectivity index (χ0) is 16.3. The lowest BCUT2D eigenvalue weighted by atomic mass is 10.2. The van der Waals surface area contributed by atoms with E-state index in [0.29, 0.717) is 0 Å². The third-order valence-electron chi connectivity index (χ3n) is 2.40. The van der Waals surface area contributed by atoms with Gasteiger partial charge in [-0.25, -0.2) is 17.9 Å². The summed E-state index contributed by atoms with van der Waals surface area (Å²) in [6, 6.07) is 3.05. The van der Waals surface area contributed by atoms with Gasteiger partial charge in [-0.1, -0.05) is 0 Å². The molecule has 0 unspecified atom stereocenters. The topological polar surface area (TPSA) is 92.7 Å². The molecule has 0 heterocycles. The Morgan fingerprint density at radius 2 is 2.00 bits per heavy atom. The van der Waals surface area contributed by atoms with E-state index in [1.807, 2.05) is 0 Å². The van der Waals surface area contributed by atoms with Crippen molar-refractivity contribution in [1.82, 2.24) is 4.72 Å². The molecule has 0 fully saturated rings. The number of benzene rings is 1. The number of hydrogen-bond donors (Lipinski definition) is 2. The van der Waals surface area contributed by atoms with E-state index < -0.39 is 40.0 Å². The lowest BCUT2D eigenvalue weighted by Gasteiger charge is -2.12. The maximum atomic E-state index is 12.0. The number of rotatable bonds is 6. The molecule has 1 rings (SSSR count). The first-order valence-electron chi connectivity index (χ1n) is 5.54. The van der Waals surface area contributed by atoms with Crippen LogP contribution in [0, 0.1) is 0 Å². The van der Waals surface area contributed by atoms with E-state index in [2.05, 4.69) is 0 Å². The van der Waals surface area contributed by atoms with Crippen molar-refractivity contribution in [2.24, 2.45) is 0 Å². The number of carboxylic acids is 1. The molecule has 0 spiro atoms. The van der Waals surface area contributed by atoms with E-state index in [-0.39, 0.29) is 11.3 Å². The first-order valence-corrected chi connectivity index (χ1v) is 7.03. The Balaban J connectivity index is 3.06. The molecule has 0 saturated heterocycles. The van der Waals surface area contributed by atoms with Gasteiger partial charge in [-0.05, 0) is 18.2 Å². The van der Waals surface area contributed by atoms with Gasteiger partial charge in [-0.2, -0.15) is 13.2 Å². The second-order valence-corrected chi connectivity index (χ2v) is 5.67. The molecule has 0 aliphatic rings. The van der Waals surface area contributed by atoms with E-state index in [0.717, 1.165) is 25.3 Å². The summed E-state index contributed by atoms with van der Waals surface area (Å²) in [5, 5.41) is 8.82. The van der Waals surface area contributed by atoms with Gasteiger partial charge < -0.3 is 9.84 Å². The number of sulfonamides is 1. The number of methoxy groups -OCH3 is 1. The molecular formula is C11H12F3NO5S. The zero-order valence-corrected chi connectivity index (χ0v) is 11.6. The molecule has 0 saturated carbocycles. The van der Waals surface area contributed by atoms with Crippen molar-refractivity contribution in [1.29, 1.82) is 0 Å². The van der Waals surface area contributed by atoms with Crippen LogP contribution in [0.4, 0.5) is 13.2 Å². The van der Waals surface area contributed by atoms with Crippen molar-refractivity contribution in [2.45, 2.75) is 17.5 Å². The minimum Gasteiger partial charge on any atom is -0.495 e. The molecule has 0 aromatic heterocycles. The smallest absolute Gasteiger partial charge is 0.390 e. The van der Waals surface area contributed by atoms with E-state index in [9.17, 15) is 26.4 Å². The van der Waals surface area contributed by atoms with Crippen molar-refractivity contribution in [2.75, 3.05) is 13.7 Å². The molecule has 0 aliphatic carbocycles. The minimum absolute atomic E-state index is 0.167. The number of nitrogens with one attached hydrogen (secondary N) is 1. The molecule has 1 aromatic carbocycles. The number of carboxylic acid groups (broad SMARTS) is 1. The molecule has 118 valence electrons. The molecular weight excluding hydrogens is 315 g/mol. The SMILES string of the molecule is COc1ccc(C(=O)O)cc1S(=O)(=O)NCCC(F)(F)F. The molecule has 0 atom stereocenters. The van der Waals surface area contributed by atoms with Crippen molar-refractivity contribution in [3.63, 3.8) is 0 Å². The molecule has 10 heteroatoms. The van der Waals surface area contributed by atoms with Gasteiger partial charge >= 0.3 is 12.1 Å². The fourth-order valence-electron chi connectivity index (χ4n) is 1.42. The molecule has 1 aromatic rings. The predicted molar refractivity (Wildman–Crippen MR) is 65.8 cm³/mol. The Morgan fingerprint density at radius 1 is 1.38 bits per heavy atom. The summed E-state index contributed by atoms with van der Waals surface area (Å²) in [6.07, 6.45) is -5.84. The van der Waals surface area contributed by atoms with Gasteiger partial charge in [-0.15, -0.1) is 0 Å². The number of halogens is 3. The molecule has 6 nitrogen and oxygen atoms in total. The van der Waals surface area contributed by atoms with Gasteiger partial charge in [0, 0.05) is 6.54 Å². The zero-order valence-electron chi connectivity index (χ0n) is 10.8. The van der Waals surface area contributed by atoms with Gasteiger partial charge in [0.1, 0.15) is 10.6 Å². The van der Waals surface area contributed by atoms with Gasteiger partial charge in [-0.3, -0.25) is 0 Å². The number of alkyl halides is 3. The van der Waals surface area contributed by atoms with Crippen molar-refractivity contribution in [3.8, 4) is 5.75 Å². The van der Waals surface area contributed by atoms with Crippen LogP contribution in [0.2, 0.25) is 0 Å². The van der Waals surface area contributed by atoms with Gasteiger partial charge in [0.15, 0.2) is 0 Å². The van der Waals surface area contributed by atoms with Gasteiger partial charge in [0.05, 0.1) is 19.1 Å². The first-order chi connectivity index (χ1) is 9.57. The highest BCUT2D eigenvalue weighted by molar-refractivity contribution is 7.89. The molecule has 0 amide bonds. The van der Waals surface area contributed by atoms with Crippen molar-refractivity contribution < 1.29 is 36.2 Å². The molecule has 0 radical (unpaired) electrons. The predicted octanol–water partition coefficient (Wildman–Crippen LogP) is 1.62. The third-order valence-corrected chi connectivity index (χ3v) is 3.88. The van der Waals surface area contributed by atoms with Crippen LogP contribution in [0.1, 0.15) is 16.8 Å². The van der Waals surface area contributed by atoms with Crippen molar-refractivity contribution >= 4 is 16.0 Å². The Kier molecular flexibility index (Phi) is 5.18. The summed E-state index contributed by atoms with van der Waals surface area (Å²) in [5.41, 5.74) is -0.327. The fourth-order valence-corrected chi connectivity index (χ4v) is 2.65. The lowest BCUT2D eigenvalue weighted by Crippen LogP contribution is -2.28. The van der Waals surface area contributed by atoms with Gasteiger partial charge in [0.25, 0.3) is 0 Å². The highest BCUT2D eigenvalue weighted by Gasteiger charge is 2.28. The maximum absolute atomic E-state index is 12.0. The van der Waals surface area contributed by atoms with Crippen LogP contribution in [-0.4, -0.2) is 39.3 Å². The number of carbonyl (C=O) groups is 1. The average molecular weight is 327 g/mol. The second-order valence-electron chi connectivity index (χ2n) is 3.93. The standard InChI is InChI=1S/C11H12F3NO5S/c1-20-8-3-2-7(10(16)17)6-9(8)21(18,19)15-5-4-11(12,13)14/h2-3,6,15H,4-5H2,1H3,(H,16,17). The number of ether oxygens (including phenoxy) is 1. The van der Waals surface area contributed by atoms with E-state index in [1.54, 1.807) is 4.72 Å². The van der Waals surface area contributed by atoms with Crippen LogP contribution < -0.4 is 9.46 Å². The third kappa shape index (κ3) is 4.90. The van der Waals surface area contributed by atoms with Crippen LogP contribution in [0.5, 0.6) is 5.75 Å². The fraction of sp³-hybridized carbons (Fsp3) is 0.364. The largest absolute Gasteiger partial charge is 0.495 e. The lowest BCUT2D eigenvalue weighted by molar-refractivity contribution is -0.132. The Morgan fingerprint density at radius 3 is 2.48 bits per heavy atom. The molecule has 21 heavy (non-hydrogen) atoms. The van der Waals surface area contributed by atoms with E-state index >= 15 is 0 Å². The quantitative estimate of drug-likeness (QED) is 0.828. The molecule has 2 N–H and O–H groups in total. The normalized spacial score (nSPS) is 12.2. The second kappa shape index (κ2) is 6.31. The van der Waals surface area contributed by atoms with E-state index in [1.165, 1.54) is 0 Å². The van der Waals surface area contributed by atoms with Crippen molar-refractivity contribution in [3.05, 3.63) is 23.8 Å². The number of hydrogen-bond acceptors (Lipinski definition) is 4. The van der Waals surface area contributed by atoms with E-state index in [4.69, 9.17) is 9.84 Å². The van der Waals surface area contributed by atoms with Crippen LogP contribution in [0.25, 0.3) is 0 Å². The van der Waals surface area contributed by atoms with Gasteiger partial charge in [0.2, 0.25) is 10.0 Å². The molecule has 0 bridgehead atoms. The monoisotopic (exact) mass is 327 g/mol. The van der Waals surface area contributed by atoms with Crippen LogP contribution in [-0.2, 0) is 10.0 Å². The maximum Gasteiger partial charge on any atom is 0.390 e. The highest BCUT2D eigenvalue weighted by atomic mass is 32.2. The summed E-state index contributed by atoms with van der Waals surface area (Å²) in [7, 11) is -3.16. The summed E-state index contributed by atoms with van der Waals surface area (Å²) in [4.78, 5) is 10.3. The average Bonchev–Trinajstić information content (AvgIpc) is 2.36. The van der Waals surface area contributed by atoms with Crippen LogP contribution in [0.15, 0.2) is 23.1 Å². The Hall–Kier alpha value is -1.81. The first kappa shape index (κ1) is 17.2. The summed E-state index contributed by atoms with van der Waals surface area (Å²) in [6.45, 7) is -0.855. The molecule has 0 aliphatic heterocycles. The highest BCUT2D eigenvalue weighted by Crippen LogP contribution is 2.25. The summed E-state index contributed by atoms with van der Waals surface area (Å²) < 4.78 is 66.4. The summed E-state index contributed by atoms with van der Waals surface area (Å²) in [5.74, 6) is -1.54. The number of aromatic carboxylic acids is 1. The summed E-state index contributed by atoms with van der Waals surface area (Å²) >= 11 is 0. The van der Waals surface area contributed by atoms with Crippen LogP contribution >= 0.6 is 0 Å². The Bertz CT molecular complexity index is 627.